The number of thiazole rings is 1. The number of methoxy groups -OCH3 is 1. The molecule has 0 amide bonds. The van der Waals surface area contributed by atoms with Gasteiger partial charge in [0, 0.05) is 24.4 Å². The van der Waals surface area contributed by atoms with Gasteiger partial charge in [0.2, 0.25) is 0 Å². The van der Waals surface area contributed by atoms with Crippen LogP contribution < -0.4 is 10.1 Å². The maximum atomic E-state index is 5.20. The maximum absolute atomic E-state index is 5.20. The van der Waals surface area contributed by atoms with Crippen LogP contribution in [0.2, 0.25) is 0 Å². The molecule has 1 heterocycles. The Hall–Kier alpha value is -1.39. The Labute approximate surface area is 125 Å². The maximum Gasteiger partial charge on any atom is 0.118 e. The molecule has 0 saturated carbocycles. The van der Waals surface area contributed by atoms with Gasteiger partial charge in [-0.25, -0.2) is 4.98 Å². The molecular weight excluding hydrogens is 268 g/mol. The van der Waals surface area contributed by atoms with Gasteiger partial charge in [0.15, 0.2) is 0 Å². The second-order valence-corrected chi connectivity index (χ2v) is 5.86. The first kappa shape index (κ1) is 15.0. The molecule has 1 unspecified atom stereocenters. The molecule has 1 aromatic heterocycles. The smallest absolute Gasteiger partial charge is 0.118 e. The number of hydrogen-bond acceptors (Lipinski definition) is 4. The van der Waals surface area contributed by atoms with Gasteiger partial charge in [0.25, 0.3) is 0 Å². The van der Waals surface area contributed by atoms with E-state index in [1.54, 1.807) is 18.4 Å². The van der Waals surface area contributed by atoms with Crippen LogP contribution in [0.25, 0.3) is 0 Å². The van der Waals surface area contributed by atoms with Crippen LogP contribution in [-0.4, -0.2) is 18.6 Å². The molecule has 1 atom stereocenters. The molecular formula is C16H22N2OS. The number of ether oxygens (including phenoxy) is 1. The molecule has 2 aromatic rings. The fourth-order valence-corrected chi connectivity index (χ4v) is 2.88. The van der Waals surface area contributed by atoms with E-state index in [1.165, 1.54) is 11.3 Å². The molecule has 1 N–H and O–H groups in total. The molecule has 4 heteroatoms. The molecule has 2 rings (SSSR count). The van der Waals surface area contributed by atoms with E-state index in [9.17, 15) is 0 Å². The highest BCUT2D eigenvalue weighted by Crippen LogP contribution is 2.20. The average Bonchev–Trinajstić information content (AvgIpc) is 2.89. The van der Waals surface area contributed by atoms with Crippen molar-refractivity contribution in [2.75, 3.05) is 13.7 Å². The van der Waals surface area contributed by atoms with Crippen molar-refractivity contribution >= 4 is 11.3 Å². The number of hydrogen-bond donors (Lipinski definition) is 1. The van der Waals surface area contributed by atoms with E-state index in [0.29, 0.717) is 6.04 Å². The van der Waals surface area contributed by atoms with E-state index in [4.69, 9.17) is 4.74 Å². The normalized spacial score (nSPS) is 12.3. The molecule has 0 saturated heterocycles. The summed E-state index contributed by atoms with van der Waals surface area (Å²) in [4.78, 5) is 4.49. The Bertz CT molecular complexity index is 522. The summed E-state index contributed by atoms with van der Waals surface area (Å²) in [5, 5.41) is 6.89. The summed E-state index contributed by atoms with van der Waals surface area (Å²) < 4.78 is 5.20. The molecule has 0 radical (unpaired) electrons. The molecule has 0 spiro atoms. The summed E-state index contributed by atoms with van der Waals surface area (Å²) in [6.07, 6.45) is 2.05. The minimum atomic E-state index is 0.389. The van der Waals surface area contributed by atoms with Crippen molar-refractivity contribution in [1.82, 2.24) is 10.3 Å². The summed E-state index contributed by atoms with van der Waals surface area (Å²) in [7, 11) is 1.69. The van der Waals surface area contributed by atoms with Crippen LogP contribution in [0.4, 0.5) is 0 Å². The van der Waals surface area contributed by atoms with Crippen molar-refractivity contribution in [3.63, 3.8) is 0 Å². The van der Waals surface area contributed by atoms with Gasteiger partial charge >= 0.3 is 0 Å². The summed E-state index contributed by atoms with van der Waals surface area (Å²) in [6, 6.07) is 8.69. The lowest BCUT2D eigenvalue weighted by atomic mass is 10.0. The van der Waals surface area contributed by atoms with E-state index in [0.717, 1.165) is 30.1 Å². The molecule has 3 nitrogen and oxygen atoms in total. The van der Waals surface area contributed by atoms with Gasteiger partial charge in [-0.3, -0.25) is 0 Å². The predicted octanol–water partition coefficient (Wildman–Crippen LogP) is 3.74. The molecule has 20 heavy (non-hydrogen) atoms. The van der Waals surface area contributed by atoms with Crippen molar-refractivity contribution in [1.29, 1.82) is 0 Å². The van der Waals surface area contributed by atoms with Crippen LogP contribution in [0.5, 0.6) is 5.75 Å². The monoisotopic (exact) mass is 290 g/mol. The zero-order valence-electron chi connectivity index (χ0n) is 12.3. The Balaban J connectivity index is 1.88. The van der Waals surface area contributed by atoms with Gasteiger partial charge in [-0.15, -0.1) is 11.3 Å². The second kappa shape index (κ2) is 7.41. The van der Waals surface area contributed by atoms with Crippen LogP contribution in [-0.2, 0) is 6.42 Å². The van der Waals surface area contributed by atoms with Gasteiger partial charge in [0.1, 0.15) is 5.75 Å². The highest BCUT2D eigenvalue weighted by atomic mass is 32.1. The van der Waals surface area contributed by atoms with E-state index in [-0.39, 0.29) is 0 Å². The van der Waals surface area contributed by atoms with E-state index in [1.807, 2.05) is 19.1 Å². The number of aryl methyl sites for hydroxylation is 1. The van der Waals surface area contributed by atoms with Crippen molar-refractivity contribution in [3.05, 3.63) is 45.9 Å². The minimum absolute atomic E-state index is 0.389. The SMILES string of the molecule is CCC(NCCc1csc(C)n1)c1ccc(OC)cc1. The summed E-state index contributed by atoms with van der Waals surface area (Å²) in [6.45, 7) is 5.20. The van der Waals surface area contributed by atoms with Crippen molar-refractivity contribution < 1.29 is 4.74 Å². The highest BCUT2D eigenvalue weighted by Gasteiger charge is 2.09. The lowest BCUT2D eigenvalue weighted by Crippen LogP contribution is -2.23. The minimum Gasteiger partial charge on any atom is -0.497 e. The quantitative estimate of drug-likeness (QED) is 0.843. The Morgan fingerprint density at radius 3 is 2.60 bits per heavy atom. The first-order valence-corrected chi connectivity index (χ1v) is 7.89. The molecule has 0 aliphatic heterocycles. The topological polar surface area (TPSA) is 34.2 Å². The highest BCUT2D eigenvalue weighted by molar-refractivity contribution is 7.09. The third-order valence-electron chi connectivity index (χ3n) is 3.36. The standard InChI is InChI=1S/C16H22N2OS/c1-4-16(13-5-7-15(19-3)8-6-13)17-10-9-14-11-20-12(2)18-14/h5-8,11,16-17H,4,9-10H2,1-3H3. The van der Waals surface area contributed by atoms with Crippen molar-refractivity contribution in [2.24, 2.45) is 0 Å². The molecule has 0 aliphatic rings. The zero-order valence-corrected chi connectivity index (χ0v) is 13.2. The second-order valence-electron chi connectivity index (χ2n) is 4.80. The molecule has 108 valence electrons. The number of rotatable bonds is 7. The van der Waals surface area contributed by atoms with Crippen LogP contribution in [0, 0.1) is 6.92 Å². The fourth-order valence-electron chi connectivity index (χ4n) is 2.23. The Morgan fingerprint density at radius 1 is 1.30 bits per heavy atom. The lowest BCUT2D eigenvalue weighted by molar-refractivity contribution is 0.414. The van der Waals surface area contributed by atoms with Gasteiger partial charge in [-0.1, -0.05) is 19.1 Å². The molecule has 1 aromatic carbocycles. The third-order valence-corrected chi connectivity index (χ3v) is 4.19. The van der Waals surface area contributed by atoms with Gasteiger partial charge < -0.3 is 10.1 Å². The van der Waals surface area contributed by atoms with E-state index < -0.39 is 0 Å². The summed E-state index contributed by atoms with van der Waals surface area (Å²) in [5.41, 5.74) is 2.49. The Morgan fingerprint density at radius 2 is 2.05 bits per heavy atom. The van der Waals surface area contributed by atoms with Crippen LogP contribution in [0.15, 0.2) is 29.6 Å². The van der Waals surface area contributed by atoms with Gasteiger partial charge in [0.05, 0.1) is 17.8 Å². The zero-order chi connectivity index (χ0) is 14.4. The molecule has 0 aliphatic carbocycles. The first-order chi connectivity index (χ1) is 9.72. The third kappa shape index (κ3) is 4.05. The summed E-state index contributed by atoms with van der Waals surface area (Å²) in [5.74, 6) is 0.904. The number of nitrogens with zero attached hydrogens (tertiary/aromatic N) is 1. The van der Waals surface area contributed by atoms with E-state index in [2.05, 4.69) is 34.7 Å². The number of nitrogens with one attached hydrogen (secondary N) is 1. The predicted molar refractivity (Wildman–Crippen MR) is 84.6 cm³/mol. The number of aromatic nitrogens is 1. The van der Waals surface area contributed by atoms with Crippen LogP contribution in [0.3, 0.4) is 0 Å². The lowest BCUT2D eigenvalue weighted by Gasteiger charge is -2.17. The fraction of sp³-hybridized carbons (Fsp3) is 0.438. The van der Waals surface area contributed by atoms with Crippen molar-refractivity contribution in [3.8, 4) is 5.75 Å². The van der Waals surface area contributed by atoms with Crippen LogP contribution >= 0.6 is 11.3 Å². The first-order valence-electron chi connectivity index (χ1n) is 7.01. The van der Waals surface area contributed by atoms with Crippen LogP contribution in [0.1, 0.15) is 35.7 Å². The van der Waals surface area contributed by atoms with Gasteiger partial charge in [-0.2, -0.15) is 0 Å². The Kier molecular flexibility index (Phi) is 5.56. The average molecular weight is 290 g/mol. The van der Waals surface area contributed by atoms with E-state index >= 15 is 0 Å². The summed E-state index contributed by atoms with van der Waals surface area (Å²) >= 11 is 1.72. The van der Waals surface area contributed by atoms with Gasteiger partial charge in [-0.05, 0) is 31.0 Å². The van der Waals surface area contributed by atoms with Crippen molar-refractivity contribution in [2.45, 2.75) is 32.7 Å². The molecule has 0 fully saturated rings. The number of benzene rings is 1. The molecule has 0 bridgehead atoms. The largest absolute Gasteiger partial charge is 0.497 e.